The summed E-state index contributed by atoms with van der Waals surface area (Å²) in [7, 11) is 0. The molecule has 1 aliphatic heterocycles. The molecule has 5 atom stereocenters. The molecular formula is C16H20Cl3NO10. The Morgan fingerprint density at radius 3 is 1.70 bits per heavy atom. The molecule has 0 aliphatic carbocycles. The average Bonchev–Trinajstić information content (AvgIpc) is 2.56. The van der Waals surface area contributed by atoms with E-state index >= 15 is 0 Å². The van der Waals surface area contributed by atoms with Crippen molar-refractivity contribution in [3.05, 3.63) is 0 Å². The SMILES string of the molecule is CC(=O)OC[C@H]1O[C@@H](OC(=N)C(Cl)(Cl)Cl)C(OC(C)=O)[C@@H](OC(C)=O)[C@@H]1OC(C)=O. The van der Waals surface area contributed by atoms with Crippen LogP contribution in [0.1, 0.15) is 27.7 Å². The molecule has 0 amide bonds. The lowest BCUT2D eigenvalue weighted by molar-refractivity contribution is -0.292. The molecule has 1 heterocycles. The zero-order valence-electron chi connectivity index (χ0n) is 16.3. The molecule has 0 aromatic rings. The minimum atomic E-state index is -2.29. The maximum atomic E-state index is 11.7. The molecule has 14 heteroatoms. The number of rotatable bonds is 6. The molecule has 30 heavy (non-hydrogen) atoms. The van der Waals surface area contributed by atoms with Crippen LogP contribution in [0.15, 0.2) is 0 Å². The van der Waals surface area contributed by atoms with E-state index in [0.717, 1.165) is 27.7 Å². The van der Waals surface area contributed by atoms with Gasteiger partial charge in [0, 0.05) is 27.7 Å². The maximum absolute atomic E-state index is 11.7. The van der Waals surface area contributed by atoms with E-state index < -0.39 is 70.9 Å². The van der Waals surface area contributed by atoms with Gasteiger partial charge in [-0.3, -0.25) is 24.6 Å². The number of carbonyl (C=O) groups is 4. The number of halogens is 3. The molecular weight excluding hydrogens is 473 g/mol. The molecule has 1 N–H and O–H groups in total. The maximum Gasteiger partial charge on any atom is 0.303 e. The Balaban J connectivity index is 3.37. The predicted molar refractivity (Wildman–Crippen MR) is 101 cm³/mol. The highest BCUT2D eigenvalue weighted by molar-refractivity contribution is 6.76. The van der Waals surface area contributed by atoms with Gasteiger partial charge in [0.1, 0.15) is 12.7 Å². The largest absolute Gasteiger partial charge is 0.463 e. The molecule has 0 radical (unpaired) electrons. The van der Waals surface area contributed by atoms with Crippen LogP contribution in [-0.2, 0) is 47.6 Å². The van der Waals surface area contributed by atoms with Crippen LogP contribution < -0.4 is 0 Å². The van der Waals surface area contributed by atoms with E-state index in [-0.39, 0.29) is 0 Å². The first-order chi connectivity index (χ1) is 13.7. The van der Waals surface area contributed by atoms with Crippen LogP contribution >= 0.6 is 34.8 Å². The highest BCUT2D eigenvalue weighted by Crippen LogP contribution is 2.33. The first kappa shape index (κ1) is 26.2. The Morgan fingerprint density at radius 2 is 1.27 bits per heavy atom. The van der Waals surface area contributed by atoms with Crippen molar-refractivity contribution in [2.75, 3.05) is 6.61 Å². The molecule has 0 aromatic heterocycles. The molecule has 1 saturated heterocycles. The summed E-state index contributed by atoms with van der Waals surface area (Å²) >= 11 is 16.8. The van der Waals surface area contributed by atoms with E-state index in [4.69, 9.17) is 68.6 Å². The number of carbonyl (C=O) groups excluding carboxylic acids is 4. The zero-order chi connectivity index (χ0) is 23.2. The normalized spacial score (nSPS) is 26.2. The van der Waals surface area contributed by atoms with Crippen molar-refractivity contribution >= 4 is 64.6 Å². The molecule has 1 aliphatic rings. The Morgan fingerprint density at radius 1 is 0.800 bits per heavy atom. The first-order valence-corrected chi connectivity index (χ1v) is 9.48. The van der Waals surface area contributed by atoms with Crippen LogP contribution in [0, 0.1) is 5.41 Å². The number of ether oxygens (including phenoxy) is 6. The van der Waals surface area contributed by atoms with E-state index in [2.05, 4.69) is 0 Å². The van der Waals surface area contributed by atoms with Gasteiger partial charge in [-0.25, -0.2) is 0 Å². The second-order valence-electron chi connectivity index (χ2n) is 6.01. The monoisotopic (exact) mass is 491 g/mol. The van der Waals surface area contributed by atoms with E-state index in [0.29, 0.717) is 0 Å². The number of hydrogen-bond acceptors (Lipinski definition) is 11. The van der Waals surface area contributed by atoms with Gasteiger partial charge < -0.3 is 28.4 Å². The second kappa shape index (κ2) is 11.0. The fraction of sp³-hybridized carbons (Fsp3) is 0.688. The smallest absolute Gasteiger partial charge is 0.303 e. The van der Waals surface area contributed by atoms with E-state index in [1.54, 1.807) is 0 Å². The lowest BCUT2D eigenvalue weighted by atomic mass is 9.98. The first-order valence-electron chi connectivity index (χ1n) is 8.35. The molecule has 170 valence electrons. The molecule has 1 rings (SSSR count). The van der Waals surface area contributed by atoms with Crippen LogP contribution in [0.4, 0.5) is 0 Å². The third-order valence-electron chi connectivity index (χ3n) is 3.44. The third kappa shape index (κ3) is 8.13. The summed E-state index contributed by atoms with van der Waals surface area (Å²) in [5, 5.41) is 7.74. The number of alkyl halides is 3. The van der Waals surface area contributed by atoms with Crippen molar-refractivity contribution in [1.82, 2.24) is 0 Å². The van der Waals surface area contributed by atoms with Gasteiger partial charge in [0.25, 0.3) is 3.79 Å². The highest BCUT2D eigenvalue weighted by Gasteiger charge is 2.54. The van der Waals surface area contributed by atoms with E-state index in [1.807, 2.05) is 0 Å². The fourth-order valence-corrected chi connectivity index (χ4v) is 2.60. The lowest BCUT2D eigenvalue weighted by Crippen LogP contribution is -2.63. The minimum Gasteiger partial charge on any atom is -0.463 e. The van der Waals surface area contributed by atoms with E-state index in [9.17, 15) is 19.2 Å². The number of nitrogens with one attached hydrogen (secondary N) is 1. The summed E-state index contributed by atoms with van der Waals surface area (Å²) < 4.78 is 28.9. The topological polar surface area (TPSA) is 148 Å². The Bertz CT molecular complexity index is 695. The van der Waals surface area contributed by atoms with Crippen molar-refractivity contribution < 1.29 is 47.6 Å². The van der Waals surface area contributed by atoms with Gasteiger partial charge in [-0.05, 0) is 0 Å². The van der Waals surface area contributed by atoms with Crippen molar-refractivity contribution in [2.45, 2.75) is 62.2 Å². The standard InChI is InChI=1S/C16H20Cl3NO10/c1-6(21)25-5-10-11(26-7(2)22)12(27-8(3)23)13(28-9(4)24)14(29-10)30-15(20)16(17,18)19/h10-14,20H,5H2,1-4H3/t10-,11-,12+,13?,14+/m1/s1. The molecule has 0 aromatic carbocycles. The Labute approximate surface area is 186 Å². The zero-order valence-corrected chi connectivity index (χ0v) is 18.6. The summed E-state index contributed by atoms with van der Waals surface area (Å²) in [6, 6.07) is 0. The van der Waals surface area contributed by atoms with Crippen molar-refractivity contribution in [3.63, 3.8) is 0 Å². The van der Waals surface area contributed by atoms with Crippen LogP contribution in [0.25, 0.3) is 0 Å². The minimum absolute atomic E-state index is 0.460. The van der Waals surface area contributed by atoms with Crippen LogP contribution in [0.3, 0.4) is 0 Å². The second-order valence-corrected chi connectivity index (χ2v) is 8.29. The lowest BCUT2D eigenvalue weighted by Gasteiger charge is -2.44. The van der Waals surface area contributed by atoms with Gasteiger partial charge >= 0.3 is 23.9 Å². The van der Waals surface area contributed by atoms with Crippen LogP contribution in [0.5, 0.6) is 0 Å². The molecule has 0 saturated carbocycles. The summed E-state index contributed by atoms with van der Waals surface area (Å²) in [6.45, 7) is 3.86. The summed E-state index contributed by atoms with van der Waals surface area (Å²) in [5.74, 6) is -4.03. The van der Waals surface area contributed by atoms with Crippen LogP contribution in [0.2, 0.25) is 0 Å². The van der Waals surface area contributed by atoms with Crippen molar-refractivity contribution in [1.29, 1.82) is 5.41 Å². The summed E-state index contributed by atoms with van der Waals surface area (Å²) in [6.07, 6.45) is -7.25. The van der Waals surface area contributed by atoms with Gasteiger partial charge in [-0.2, -0.15) is 0 Å². The predicted octanol–water partition coefficient (Wildman–Crippen LogP) is 1.43. The van der Waals surface area contributed by atoms with Crippen LogP contribution in [-0.4, -0.2) is 70.9 Å². The van der Waals surface area contributed by atoms with Gasteiger partial charge in [0.2, 0.25) is 18.3 Å². The van der Waals surface area contributed by atoms with Gasteiger partial charge in [-0.1, -0.05) is 34.8 Å². The summed E-state index contributed by atoms with van der Waals surface area (Å²) in [5.41, 5.74) is 0. The molecule has 0 spiro atoms. The quantitative estimate of drug-likeness (QED) is 0.190. The van der Waals surface area contributed by atoms with E-state index in [1.165, 1.54) is 0 Å². The Hall–Kier alpha value is -1.82. The van der Waals surface area contributed by atoms with Crippen molar-refractivity contribution in [3.8, 4) is 0 Å². The van der Waals surface area contributed by atoms with Gasteiger partial charge in [-0.15, -0.1) is 0 Å². The molecule has 0 bridgehead atoms. The highest BCUT2D eigenvalue weighted by atomic mass is 35.6. The third-order valence-corrected chi connectivity index (χ3v) is 3.95. The van der Waals surface area contributed by atoms with Gasteiger partial charge in [0.05, 0.1) is 0 Å². The summed E-state index contributed by atoms with van der Waals surface area (Å²) in [4.78, 5) is 46.1. The number of esters is 4. The molecule has 11 nitrogen and oxygen atoms in total. The molecule has 1 unspecified atom stereocenters. The Kier molecular flexibility index (Phi) is 9.60. The number of hydrogen-bond donors (Lipinski definition) is 1. The fourth-order valence-electron chi connectivity index (χ4n) is 2.47. The van der Waals surface area contributed by atoms with Crippen molar-refractivity contribution in [2.24, 2.45) is 0 Å². The molecule has 1 fully saturated rings. The van der Waals surface area contributed by atoms with Gasteiger partial charge in [0.15, 0.2) is 12.2 Å². The average molecular weight is 493 g/mol.